The van der Waals surface area contributed by atoms with E-state index in [1.807, 2.05) is 31.2 Å². The van der Waals surface area contributed by atoms with Gasteiger partial charge in [0.1, 0.15) is 5.54 Å². The van der Waals surface area contributed by atoms with Crippen LogP contribution in [0, 0.1) is 0 Å². The summed E-state index contributed by atoms with van der Waals surface area (Å²) in [7, 11) is 0. The molecule has 1 saturated carbocycles. The Kier molecular flexibility index (Phi) is 5.30. The van der Waals surface area contributed by atoms with Gasteiger partial charge in [-0.2, -0.15) is 0 Å². The summed E-state index contributed by atoms with van der Waals surface area (Å²) in [6.45, 7) is 2.26. The van der Waals surface area contributed by atoms with Crippen LogP contribution in [-0.2, 0) is 9.53 Å². The zero-order chi connectivity index (χ0) is 14.4. The minimum absolute atomic E-state index is 0.137. The fourth-order valence-electron chi connectivity index (χ4n) is 2.82. The molecular formula is C16H22ClNO2. The first kappa shape index (κ1) is 15.2. The van der Waals surface area contributed by atoms with Crippen molar-refractivity contribution in [2.75, 3.05) is 11.9 Å². The van der Waals surface area contributed by atoms with E-state index in [1.54, 1.807) is 0 Å². The van der Waals surface area contributed by atoms with Crippen molar-refractivity contribution in [2.24, 2.45) is 0 Å². The largest absolute Gasteiger partial charge is 0.464 e. The van der Waals surface area contributed by atoms with Crippen LogP contribution < -0.4 is 5.32 Å². The van der Waals surface area contributed by atoms with E-state index in [2.05, 4.69) is 5.32 Å². The number of hydrogen-bond acceptors (Lipinski definition) is 3. The lowest BCUT2D eigenvalue weighted by atomic mass is 9.89. The van der Waals surface area contributed by atoms with Gasteiger partial charge < -0.3 is 10.1 Å². The Balaban J connectivity index is 2.23. The van der Waals surface area contributed by atoms with E-state index in [0.717, 1.165) is 31.4 Å². The molecule has 0 saturated heterocycles. The molecule has 1 N–H and O–H groups in total. The molecule has 110 valence electrons. The number of esters is 1. The van der Waals surface area contributed by atoms with Crippen molar-refractivity contribution in [1.82, 2.24) is 0 Å². The van der Waals surface area contributed by atoms with Gasteiger partial charge in [0.2, 0.25) is 0 Å². The Morgan fingerprint density at radius 3 is 2.60 bits per heavy atom. The van der Waals surface area contributed by atoms with Crippen molar-refractivity contribution < 1.29 is 9.53 Å². The lowest BCUT2D eigenvalue weighted by molar-refractivity contribution is -0.149. The number of carbonyl (C=O) groups excluding carboxylic acids is 1. The molecule has 1 fully saturated rings. The van der Waals surface area contributed by atoms with Gasteiger partial charge in [-0.05, 0) is 38.0 Å². The second kappa shape index (κ2) is 6.98. The van der Waals surface area contributed by atoms with Crippen LogP contribution in [0.15, 0.2) is 24.3 Å². The second-order valence-electron chi connectivity index (χ2n) is 5.35. The highest BCUT2D eigenvalue weighted by atomic mass is 35.5. The molecule has 2 rings (SSSR count). The molecule has 1 aliphatic rings. The molecule has 0 unspecified atom stereocenters. The molecule has 1 aromatic rings. The van der Waals surface area contributed by atoms with Crippen molar-refractivity contribution in [3.63, 3.8) is 0 Å². The maximum Gasteiger partial charge on any atom is 0.331 e. The number of halogens is 1. The average Bonchev–Trinajstić information content (AvgIpc) is 2.66. The predicted molar refractivity (Wildman–Crippen MR) is 82.1 cm³/mol. The number of benzene rings is 1. The molecule has 4 heteroatoms. The Morgan fingerprint density at radius 1 is 1.30 bits per heavy atom. The van der Waals surface area contributed by atoms with Crippen LogP contribution in [-0.4, -0.2) is 18.1 Å². The number of nitrogens with one attached hydrogen (secondary N) is 1. The van der Waals surface area contributed by atoms with Crippen molar-refractivity contribution in [3.8, 4) is 0 Å². The van der Waals surface area contributed by atoms with Crippen molar-refractivity contribution >= 4 is 23.3 Å². The molecule has 0 heterocycles. The minimum atomic E-state index is -0.600. The van der Waals surface area contributed by atoms with Gasteiger partial charge in [-0.25, -0.2) is 4.79 Å². The van der Waals surface area contributed by atoms with Crippen molar-refractivity contribution in [2.45, 2.75) is 51.0 Å². The number of carbonyl (C=O) groups is 1. The highest BCUT2D eigenvalue weighted by Gasteiger charge is 2.39. The van der Waals surface area contributed by atoms with Gasteiger partial charge in [0.05, 0.1) is 6.61 Å². The molecule has 0 bridgehead atoms. The Morgan fingerprint density at radius 2 is 2.00 bits per heavy atom. The first-order valence-electron chi connectivity index (χ1n) is 7.37. The maximum absolute atomic E-state index is 12.4. The topological polar surface area (TPSA) is 38.3 Å². The number of rotatable bonds is 4. The van der Waals surface area contributed by atoms with Gasteiger partial charge in [-0.3, -0.25) is 0 Å². The zero-order valence-corrected chi connectivity index (χ0v) is 12.7. The highest BCUT2D eigenvalue weighted by Crippen LogP contribution is 2.32. The standard InChI is InChI=1S/C16H22ClNO2/c1-2-20-15(19)16(10-5-3-4-6-11-16)18-14-9-7-8-13(17)12-14/h7-9,12,18H,2-6,10-11H2,1H3. The van der Waals surface area contributed by atoms with E-state index < -0.39 is 5.54 Å². The molecule has 20 heavy (non-hydrogen) atoms. The van der Waals surface area contributed by atoms with Gasteiger partial charge in [0.15, 0.2) is 0 Å². The molecule has 0 radical (unpaired) electrons. The van der Waals surface area contributed by atoms with Gasteiger partial charge in [-0.1, -0.05) is 43.4 Å². The molecule has 0 amide bonds. The fraction of sp³-hybridized carbons (Fsp3) is 0.562. The predicted octanol–water partition coefficient (Wildman–Crippen LogP) is 4.41. The van der Waals surface area contributed by atoms with Crippen LogP contribution in [0.3, 0.4) is 0 Å². The SMILES string of the molecule is CCOC(=O)C1(Nc2cccc(Cl)c2)CCCCCC1. The van der Waals surface area contributed by atoms with E-state index in [-0.39, 0.29) is 5.97 Å². The van der Waals surface area contributed by atoms with E-state index in [9.17, 15) is 4.79 Å². The monoisotopic (exact) mass is 295 g/mol. The van der Waals surface area contributed by atoms with Crippen LogP contribution >= 0.6 is 11.6 Å². The molecular weight excluding hydrogens is 274 g/mol. The summed E-state index contributed by atoms with van der Waals surface area (Å²) in [5.41, 5.74) is 0.282. The Bertz CT molecular complexity index is 454. The van der Waals surface area contributed by atoms with Gasteiger partial charge in [0.25, 0.3) is 0 Å². The lowest BCUT2D eigenvalue weighted by Gasteiger charge is -2.32. The first-order valence-corrected chi connectivity index (χ1v) is 7.75. The van der Waals surface area contributed by atoms with E-state index in [0.29, 0.717) is 11.6 Å². The van der Waals surface area contributed by atoms with Crippen molar-refractivity contribution in [1.29, 1.82) is 0 Å². The summed E-state index contributed by atoms with van der Waals surface area (Å²) in [4.78, 5) is 12.4. The number of hydrogen-bond donors (Lipinski definition) is 1. The normalized spacial score (nSPS) is 18.1. The lowest BCUT2D eigenvalue weighted by Crippen LogP contribution is -2.47. The molecule has 0 spiro atoms. The minimum Gasteiger partial charge on any atom is -0.464 e. The van der Waals surface area contributed by atoms with Crippen LogP contribution in [0.25, 0.3) is 0 Å². The van der Waals surface area contributed by atoms with Crippen LogP contribution in [0.4, 0.5) is 5.69 Å². The fourth-order valence-corrected chi connectivity index (χ4v) is 3.01. The van der Waals surface area contributed by atoms with E-state index in [1.165, 1.54) is 12.8 Å². The summed E-state index contributed by atoms with van der Waals surface area (Å²) in [6, 6.07) is 7.52. The molecule has 1 aliphatic carbocycles. The molecule has 0 atom stereocenters. The van der Waals surface area contributed by atoms with Crippen LogP contribution in [0.2, 0.25) is 5.02 Å². The highest BCUT2D eigenvalue weighted by molar-refractivity contribution is 6.30. The maximum atomic E-state index is 12.4. The van der Waals surface area contributed by atoms with Crippen LogP contribution in [0.5, 0.6) is 0 Å². The van der Waals surface area contributed by atoms with E-state index >= 15 is 0 Å². The molecule has 3 nitrogen and oxygen atoms in total. The summed E-state index contributed by atoms with van der Waals surface area (Å²) in [5.74, 6) is -0.137. The number of anilines is 1. The summed E-state index contributed by atoms with van der Waals surface area (Å²) in [5, 5.41) is 4.07. The summed E-state index contributed by atoms with van der Waals surface area (Å²) in [6.07, 6.45) is 6.09. The Hall–Kier alpha value is -1.22. The van der Waals surface area contributed by atoms with E-state index in [4.69, 9.17) is 16.3 Å². The van der Waals surface area contributed by atoms with Gasteiger partial charge >= 0.3 is 5.97 Å². The Labute approximate surface area is 125 Å². The quantitative estimate of drug-likeness (QED) is 0.660. The molecule has 0 aromatic heterocycles. The third-order valence-electron chi connectivity index (χ3n) is 3.83. The second-order valence-corrected chi connectivity index (χ2v) is 5.79. The number of ether oxygens (including phenoxy) is 1. The third-order valence-corrected chi connectivity index (χ3v) is 4.07. The molecule has 0 aliphatic heterocycles. The summed E-state index contributed by atoms with van der Waals surface area (Å²) < 4.78 is 5.31. The van der Waals surface area contributed by atoms with Gasteiger partial charge in [-0.15, -0.1) is 0 Å². The first-order chi connectivity index (χ1) is 9.66. The smallest absolute Gasteiger partial charge is 0.331 e. The van der Waals surface area contributed by atoms with Crippen LogP contribution in [0.1, 0.15) is 45.4 Å². The van der Waals surface area contributed by atoms with Gasteiger partial charge in [0, 0.05) is 10.7 Å². The van der Waals surface area contributed by atoms with Crippen molar-refractivity contribution in [3.05, 3.63) is 29.3 Å². The zero-order valence-electron chi connectivity index (χ0n) is 12.0. The average molecular weight is 296 g/mol. The summed E-state index contributed by atoms with van der Waals surface area (Å²) >= 11 is 6.02. The third kappa shape index (κ3) is 3.66. The molecule has 1 aromatic carbocycles.